The van der Waals surface area contributed by atoms with Crippen LogP contribution in [0.25, 0.3) is 0 Å². The van der Waals surface area contributed by atoms with Crippen molar-refractivity contribution in [2.45, 2.75) is 39.5 Å². The number of carbonyl (C=O) groups is 1. The Kier molecular flexibility index (Phi) is 8.01. The first-order valence-electron chi connectivity index (χ1n) is 7.26. The van der Waals surface area contributed by atoms with Crippen LogP contribution >= 0.6 is 0 Å². The maximum absolute atomic E-state index is 11.8. The number of rotatable bonds is 8. The molecule has 1 aliphatic rings. The van der Waals surface area contributed by atoms with Crippen molar-refractivity contribution in [3.8, 4) is 0 Å². The first-order valence-corrected chi connectivity index (χ1v) is 7.26. The summed E-state index contributed by atoms with van der Waals surface area (Å²) in [5.41, 5.74) is 0. The van der Waals surface area contributed by atoms with Crippen molar-refractivity contribution in [2.75, 3.05) is 39.4 Å². The molecule has 0 aromatic heterocycles. The minimum absolute atomic E-state index is 0.297. The SMILES string of the molecule is CC(C)COCCNCCC(=O)N1CCCCC1. The van der Waals surface area contributed by atoms with Crippen LogP contribution in [0, 0.1) is 5.92 Å². The second kappa shape index (κ2) is 9.34. The summed E-state index contributed by atoms with van der Waals surface area (Å²) in [5.74, 6) is 0.885. The first kappa shape index (κ1) is 15.4. The molecule has 1 N–H and O–H groups in total. The molecule has 1 rings (SSSR count). The van der Waals surface area contributed by atoms with Crippen LogP contribution in [-0.2, 0) is 9.53 Å². The Morgan fingerprint density at radius 2 is 1.94 bits per heavy atom. The van der Waals surface area contributed by atoms with Gasteiger partial charge in [0.1, 0.15) is 0 Å². The molecule has 18 heavy (non-hydrogen) atoms. The third kappa shape index (κ3) is 6.97. The number of ether oxygens (including phenoxy) is 1. The highest BCUT2D eigenvalue weighted by Gasteiger charge is 2.15. The van der Waals surface area contributed by atoms with Gasteiger partial charge in [-0.15, -0.1) is 0 Å². The van der Waals surface area contributed by atoms with Crippen LogP contribution in [0.2, 0.25) is 0 Å². The third-order valence-corrected chi connectivity index (χ3v) is 3.10. The van der Waals surface area contributed by atoms with Crippen molar-refractivity contribution in [3.63, 3.8) is 0 Å². The van der Waals surface area contributed by atoms with Crippen LogP contribution in [0.15, 0.2) is 0 Å². The van der Waals surface area contributed by atoms with Gasteiger partial charge in [-0.3, -0.25) is 4.79 Å². The zero-order chi connectivity index (χ0) is 13.2. The normalized spacial score (nSPS) is 16.3. The van der Waals surface area contributed by atoms with Gasteiger partial charge in [0.25, 0.3) is 0 Å². The molecular formula is C14H28N2O2. The molecule has 1 heterocycles. The van der Waals surface area contributed by atoms with E-state index in [0.29, 0.717) is 18.2 Å². The molecule has 4 heteroatoms. The molecular weight excluding hydrogens is 228 g/mol. The van der Waals surface area contributed by atoms with Gasteiger partial charge in [0, 0.05) is 39.2 Å². The first-order chi connectivity index (χ1) is 8.70. The van der Waals surface area contributed by atoms with Crippen molar-refractivity contribution >= 4 is 5.91 Å². The summed E-state index contributed by atoms with van der Waals surface area (Å²) in [4.78, 5) is 13.8. The van der Waals surface area contributed by atoms with E-state index >= 15 is 0 Å². The number of amides is 1. The summed E-state index contributed by atoms with van der Waals surface area (Å²) in [6.07, 6.45) is 4.23. The number of likely N-dealkylation sites (tertiary alicyclic amines) is 1. The van der Waals surface area contributed by atoms with Crippen molar-refractivity contribution in [3.05, 3.63) is 0 Å². The van der Waals surface area contributed by atoms with Gasteiger partial charge in [0.2, 0.25) is 5.91 Å². The number of nitrogens with one attached hydrogen (secondary N) is 1. The number of piperidine rings is 1. The smallest absolute Gasteiger partial charge is 0.223 e. The molecule has 0 unspecified atom stereocenters. The lowest BCUT2D eigenvalue weighted by Gasteiger charge is -2.26. The molecule has 0 bridgehead atoms. The molecule has 0 aromatic carbocycles. The van der Waals surface area contributed by atoms with E-state index < -0.39 is 0 Å². The Balaban J connectivity index is 1.92. The monoisotopic (exact) mass is 256 g/mol. The summed E-state index contributed by atoms with van der Waals surface area (Å²) in [6.45, 7) is 9.34. The van der Waals surface area contributed by atoms with Gasteiger partial charge in [-0.05, 0) is 25.2 Å². The molecule has 0 spiro atoms. The standard InChI is InChI=1S/C14H28N2O2/c1-13(2)12-18-11-8-15-7-6-14(17)16-9-4-3-5-10-16/h13,15H,3-12H2,1-2H3. The molecule has 106 valence electrons. The van der Waals surface area contributed by atoms with Crippen LogP contribution in [-0.4, -0.2) is 50.2 Å². The fourth-order valence-electron chi connectivity index (χ4n) is 2.09. The molecule has 1 aliphatic heterocycles. The molecule has 0 saturated carbocycles. The van der Waals surface area contributed by atoms with Gasteiger partial charge in [-0.2, -0.15) is 0 Å². The van der Waals surface area contributed by atoms with Crippen molar-refractivity contribution < 1.29 is 9.53 Å². The highest BCUT2D eigenvalue weighted by Crippen LogP contribution is 2.09. The van der Waals surface area contributed by atoms with Gasteiger partial charge in [0.15, 0.2) is 0 Å². The fourth-order valence-corrected chi connectivity index (χ4v) is 2.09. The second-order valence-electron chi connectivity index (χ2n) is 5.41. The van der Waals surface area contributed by atoms with Crippen molar-refractivity contribution in [1.29, 1.82) is 0 Å². The Morgan fingerprint density at radius 3 is 2.61 bits per heavy atom. The number of hydrogen-bond donors (Lipinski definition) is 1. The minimum Gasteiger partial charge on any atom is -0.380 e. The lowest BCUT2D eigenvalue weighted by molar-refractivity contribution is -0.131. The third-order valence-electron chi connectivity index (χ3n) is 3.10. The van der Waals surface area contributed by atoms with E-state index in [1.807, 2.05) is 4.90 Å². The van der Waals surface area contributed by atoms with E-state index in [-0.39, 0.29) is 0 Å². The summed E-state index contributed by atoms with van der Waals surface area (Å²) < 4.78 is 5.46. The highest BCUT2D eigenvalue weighted by atomic mass is 16.5. The van der Waals surface area contributed by atoms with Crippen LogP contribution in [0.1, 0.15) is 39.5 Å². The maximum atomic E-state index is 11.8. The Labute approximate surface area is 111 Å². The molecule has 0 atom stereocenters. The Hall–Kier alpha value is -0.610. The van der Waals surface area contributed by atoms with Crippen molar-refractivity contribution in [2.24, 2.45) is 5.92 Å². The van der Waals surface area contributed by atoms with E-state index in [4.69, 9.17) is 4.74 Å². The topological polar surface area (TPSA) is 41.6 Å². The van der Waals surface area contributed by atoms with E-state index in [2.05, 4.69) is 19.2 Å². The van der Waals surface area contributed by atoms with E-state index in [0.717, 1.165) is 39.4 Å². The zero-order valence-electron chi connectivity index (χ0n) is 11.9. The largest absolute Gasteiger partial charge is 0.380 e. The van der Waals surface area contributed by atoms with Gasteiger partial charge < -0.3 is 15.0 Å². The van der Waals surface area contributed by atoms with E-state index in [9.17, 15) is 4.79 Å². The summed E-state index contributed by atoms with van der Waals surface area (Å²) in [6, 6.07) is 0. The van der Waals surface area contributed by atoms with Crippen LogP contribution in [0.5, 0.6) is 0 Å². The predicted octanol–water partition coefficient (Wildman–Crippen LogP) is 1.65. The molecule has 0 aliphatic carbocycles. The lowest BCUT2D eigenvalue weighted by Crippen LogP contribution is -2.37. The average molecular weight is 256 g/mol. The van der Waals surface area contributed by atoms with Gasteiger partial charge in [-0.25, -0.2) is 0 Å². The second-order valence-corrected chi connectivity index (χ2v) is 5.41. The Bertz CT molecular complexity index is 226. The van der Waals surface area contributed by atoms with E-state index in [1.54, 1.807) is 0 Å². The van der Waals surface area contributed by atoms with Crippen LogP contribution in [0.3, 0.4) is 0 Å². The summed E-state index contributed by atoms with van der Waals surface area (Å²) in [7, 11) is 0. The van der Waals surface area contributed by atoms with Gasteiger partial charge >= 0.3 is 0 Å². The molecule has 0 radical (unpaired) electrons. The maximum Gasteiger partial charge on any atom is 0.223 e. The summed E-state index contributed by atoms with van der Waals surface area (Å²) in [5, 5.41) is 3.26. The minimum atomic E-state index is 0.297. The number of hydrogen-bond acceptors (Lipinski definition) is 3. The fraction of sp³-hybridized carbons (Fsp3) is 0.929. The van der Waals surface area contributed by atoms with E-state index in [1.165, 1.54) is 19.3 Å². The Morgan fingerprint density at radius 1 is 1.22 bits per heavy atom. The molecule has 1 saturated heterocycles. The number of carbonyl (C=O) groups excluding carboxylic acids is 1. The molecule has 1 amide bonds. The summed E-state index contributed by atoms with van der Waals surface area (Å²) >= 11 is 0. The van der Waals surface area contributed by atoms with Gasteiger partial charge in [0.05, 0.1) is 6.61 Å². The predicted molar refractivity (Wildman–Crippen MR) is 73.6 cm³/mol. The molecule has 4 nitrogen and oxygen atoms in total. The lowest BCUT2D eigenvalue weighted by atomic mass is 10.1. The van der Waals surface area contributed by atoms with Crippen LogP contribution < -0.4 is 5.32 Å². The zero-order valence-corrected chi connectivity index (χ0v) is 11.9. The quantitative estimate of drug-likeness (QED) is 0.671. The molecule has 1 fully saturated rings. The van der Waals surface area contributed by atoms with Crippen LogP contribution in [0.4, 0.5) is 0 Å². The average Bonchev–Trinajstić information content (AvgIpc) is 2.38. The van der Waals surface area contributed by atoms with Gasteiger partial charge in [-0.1, -0.05) is 13.8 Å². The highest BCUT2D eigenvalue weighted by molar-refractivity contribution is 5.76. The molecule has 0 aromatic rings. The number of nitrogens with zero attached hydrogens (tertiary/aromatic N) is 1. The van der Waals surface area contributed by atoms with Crippen molar-refractivity contribution in [1.82, 2.24) is 10.2 Å².